The van der Waals surface area contributed by atoms with E-state index < -0.39 is 0 Å². The van der Waals surface area contributed by atoms with E-state index in [9.17, 15) is 0 Å². The topological polar surface area (TPSA) is 48.5 Å². The molecule has 0 amide bonds. The Morgan fingerprint density at radius 2 is 1.76 bits per heavy atom. The average Bonchev–Trinajstić information content (AvgIpc) is 2.47. The second-order valence-electron chi connectivity index (χ2n) is 5.71. The Labute approximate surface area is 129 Å². The van der Waals surface area contributed by atoms with Crippen LogP contribution in [-0.2, 0) is 5.41 Å². The molecule has 0 aliphatic rings. The van der Waals surface area contributed by atoms with Crippen molar-refractivity contribution in [3.05, 3.63) is 59.7 Å². The maximum atomic E-state index is 8.83. The molecule has 4 heteroatoms. The van der Waals surface area contributed by atoms with Gasteiger partial charge in [0.1, 0.15) is 0 Å². The predicted molar refractivity (Wildman–Crippen MR) is 86.7 cm³/mol. The summed E-state index contributed by atoms with van der Waals surface area (Å²) in [7, 11) is 0. The highest BCUT2D eigenvalue weighted by Gasteiger charge is 2.12. The molecular formula is C17H17N3S. The molecule has 0 heterocycles. The third-order valence-corrected chi connectivity index (χ3v) is 3.64. The van der Waals surface area contributed by atoms with E-state index in [1.807, 2.05) is 6.07 Å². The van der Waals surface area contributed by atoms with Crippen LogP contribution in [0, 0.1) is 11.3 Å². The van der Waals surface area contributed by atoms with Crippen LogP contribution < -0.4 is 0 Å². The Bertz CT molecular complexity index is 676. The molecule has 0 saturated heterocycles. The molecule has 2 aromatic rings. The monoisotopic (exact) mass is 295 g/mol. The van der Waals surface area contributed by atoms with Crippen LogP contribution in [-0.4, -0.2) is 0 Å². The summed E-state index contributed by atoms with van der Waals surface area (Å²) in [5, 5.41) is 12.9. The molecule has 21 heavy (non-hydrogen) atoms. The highest BCUT2D eigenvalue weighted by molar-refractivity contribution is 7.97. The van der Waals surface area contributed by atoms with Gasteiger partial charge in [-0.15, -0.1) is 9.63 Å². The van der Waals surface area contributed by atoms with E-state index in [1.54, 1.807) is 18.2 Å². The SMILES string of the molecule is CC(C)(C)c1ccc(SN=Nc2cccc(C#N)c2)cc1. The summed E-state index contributed by atoms with van der Waals surface area (Å²) in [6, 6.07) is 17.5. The molecule has 2 aromatic carbocycles. The van der Waals surface area contributed by atoms with Crippen LogP contribution in [0.2, 0.25) is 0 Å². The van der Waals surface area contributed by atoms with Crippen molar-refractivity contribution >= 4 is 17.6 Å². The molecular weight excluding hydrogens is 278 g/mol. The number of benzene rings is 2. The maximum absolute atomic E-state index is 8.83. The lowest BCUT2D eigenvalue weighted by molar-refractivity contribution is 0.590. The van der Waals surface area contributed by atoms with E-state index in [1.165, 1.54) is 17.5 Å². The minimum atomic E-state index is 0.155. The van der Waals surface area contributed by atoms with Crippen LogP contribution >= 0.6 is 11.9 Å². The van der Waals surface area contributed by atoms with Crippen LogP contribution in [0.4, 0.5) is 5.69 Å². The molecule has 0 spiro atoms. The van der Waals surface area contributed by atoms with Gasteiger partial charge in [-0.3, -0.25) is 0 Å². The van der Waals surface area contributed by atoms with Crippen molar-refractivity contribution in [2.45, 2.75) is 31.1 Å². The zero-order chi connectivity index (χ0) is 15.3. The second-order valence-corrected chi connectivity index (χ2v) is 6.53. The first kappa shape index (κ1) is 15.3. The molecule has 0 fully saturated rings. The van der Waals surface area contributed by atoms with Gasteiger partial charge in [-0.2, -0.15) is 5.26 Å². The Morgan fingerprint density at radius 1 is 1.05 bits per heavy atom. The maximum Gasteiger partial charge on any atom is 0.0992 e. The molecule has 0 aliphatic heterocycles. The third kappa shape index (κ3) is 4.44. The molecule has 0 saturated carbocycles. The summed E-state index contributed by atoms with van der Waals surface area (Å²) in [5.74, 6) is 0. The van der Waals surface area contributed by atoms with Crippen LogP contribution in [0.5, 0.6) is 0 Å². The molecule has 0 unspecified atom stereocenters. The predicted octanol–water partition coefficient (Wildman–Crippen LogP) is 5.65. The van der Waals surface area contributed by atoms with Crippen LogP contribution in [0.25, 0.3) is 0 Å². The van der Waals surface area contributed by atoms with Gasteiger partial charge in [0.25, 0.3) is 0 Å². The lowest BCUT2D eigenvalue weighted by Gasteiger charge is -2.18. The summed E-state index contributed by atoms with van der Waals surface area (Å²) in [4.78, 5) is 1.04. The lowest BCUT2D eigenvalue weighted by Crippen LogP contribution is -2.10. The van der Waals surface area contributed by atoms with Crippen molar-refractivity contribution in [1.82, 2.24) is 0 Å². The molecule has 0 bridgehead atoms. The quantitative estimate of drug-likeness (QED) is 0.543. The van der Waals surface area contributed by atoms with E-state index in [0.29, 0.717) is 11.3 Å². The van der Waals surface area contributed by atoms with Gasteiger partial charge in [-0.25, -0.2) is 0 Å². The van der Waals surface area contributed by atoms with Crippen LogP contribution in [0.15, 0.2) is 63.1 Å². The van der Waals surface area contributed by atoms with E-state index in [4.69, 9.17) is 5.26 Å². The zero-order valence-corrected chi connectivity index (χ0v) is 13.2. The summed E-state index contributed by atoms with van der Waals surface area (Å²) in [6.45, 7) is 6.57. The molecule has 0 N–H and O–H groups in total. The summed E-state index contributed by atoms with van der Waals surface area (Å²) < 4.78 is 4.11. The first-order chi connectivity index (χ1) is 9.99. The van der Waals surface area contributed by atoms with Gasteiger partial charge in [-0.1, -0.05) is 39.0 Å². The third-order valence-electron chi connectivity index (χ3n) is 3.00. The van der Waals surface area contributed by atoms with E-state index in [-0.39, 0.29) is 5.41 Å². The molecule has 0 aromatic heterocycles. The summed E-state index contributed by atoms with van der Waals surface area (Å²) in [5.41, 5.74) is 2.73. The van der Waals surface area contributed by atoms with Crippen LogP contribution in [0.1, 0.15) is 31.9 Å². The van der Waals surface area contributed by atoms with Crippen molar-refractivity contribution in [1.29, 1.82) is 5.26 Å². The van der Waals surface area contributed by atoms with Crippen molar-refractivity contribution in [2.75, 3.05) is 0 Å². The summed E-state index contributed by atoms with van der Waals surface area (Å²) >= 11 is 1.32. The highest BCUT2D eigenvalue weighted by atomic mass is 32.2. The first-order valence-electron chi connectivity index (χ1n) is 6.68. The first-order valence-corrected chi connectivity index (χ1v) is 7.45. The van der Waals surface area contributed by atoms with Gasteiger partial charge < -0.3 is 0 Å². The molecule has 106 valence electrons. The smallest absolute Gasteiger partial charge is 0.0992 e. The van der Waals surface area contributed by atoms with E-state index >= 15 is 0 Å². The molecule has 0 radical (unpaired) electrons. The van der Waals surface area contributed by atoms with Gasteiger partial charge in [0, 0.05) is 16.8 Å². The van der Waals surface area contributed by atoms with Crippen molar-refractivity contribution in [2.24, 2.45) is 9.63 Å². The standard InChI is InChI=1S/C17H17N3S/c1-17(2,3)14-7-9-16(10-8-14)21-20-19-15-6-4-5-13(11-15)12-18/h4-11H,1-3H3. The minimum absolute atomic E-state index is 0.155. The van der Waals surface area contributed by atoms with Crippen molar-refractivity contribution < 1.29 is 0 Å². The highest BCUT2D eigenvalue weighted by Crippen LogP contribution is 2.27. The lowest BCUT2D eigenvalue weighted by atomic mass is 9.87. The fourth-order valence-electron chi connectivity index (χ4n) is 1.77. The van der Waals surface area contributed by atoms with Gasteiger partial charge in [0.2, 0.25) is 0 Å². The van der Waals surface area contributed by atoms with Gasteiger partial charge in [-0.05, 0) is 41.3 Å². The van der Waals surface area contributed by atoms with Crippen molar-refractivity contribution in [3.63, 3.8) is 0 Å². The Morgan fingerprint density at radius 3 is 2.38 bits per heavy atom. The fraction of sp³-hybridized carbons (Fsp3) is 0.235. The average molecular weight is 295 g/mol. The largest absolute Gasteiger partial charge is 0.192 e. The number of nitriles is 1. The number of nitrogens with zero attached hydrogens (tertiary/aromatic N) is 3. The van der Waals surface area contributed by atoms with Gasteiger partial charge in [0.15, 0.2) is 0 Å². The van der Waals surface area contributed by atoms with E-state index in [2.05, 4.69) is 60.7 Å². The zero-order valence-electron chi connectivity index (χ0n) is 12.4. The number of hydrogen-bond acceptors (Lipinski definition) is 4. The number of hydrogen-bond donors (Lipinski definition) is 0. The molecule has 2 rings (SSSR count). The van der Waals surface area contributed by atoms with Crippen molar-refractivity contribution in [3.8, 4) is 6.07 Å². The Kier molecular flexibility index (Phi) is 4.77. The second kappa shape index (κ2) is 6.55. The van der Waals surface area contributed by atoms with Gasteiger partial charge in [0.05, 0.1) is 17.3 Å². The minimum Gasteiger partial charge on any atom is -0.192 e. The van der Waals surface area contributed by atoms with E-state index in [0.717, 1.165) is 4.90 Å². The van der Waals surface area contributed by atoms with Gasteiger partial charge >= 0.3 is 0 Å². The fourth-order valence-corrected chi connectivity index (χ4v) is 2.26. The normalized spacial score (nSPS) is 11.5. The molecule has 3 nitrogen and oxygen atoms in total. The van der Waals surface area contributed by atoms with Crippen LogP contribution in [0.3, 0.4) is 0 Å². The number of rotatable bonds is 3. The Balaban J connectivity index is 2.02. The molecule has 0 atom stereocenters. The Hall–Kier alpha value is -2.12. The molecule has 0 aliphatic carbocycles. The summed E-state index contributed by atoms with van der Waals surface area (Å²) in [6.07, 6.45) is 0.